The summed E-state index contributed by atoms with van der Waals surface area (Å²) in [5, 5.41) is 8.34. The molecule has 5 heteroatoms. The van der Waals surface area contributed by atoms with Gasteiger partial charge in [0.25, 0.3) is 0 Å². The maximum absolute atomic E-state index is 11.0. The van der Waals surface area contributed by atoms with Gasteiger partial charge in [-0.25, -0.2) is 0 Å². The number of carbonyl (C=O) groups excluding carboxylic acids is 1. The fourth-order valence-electron chi connectivity index (χ4n) is 1.02. The van der Waals surface area contributed by atoms with Crippen LogP contribution in [0.15, 0.2) is 30.3 Å². The van der Waals surface area contributed by atoms with Crippen molar-refractivity contribution in [2.75, 3.05) is 0 Å². The number of benzene rings is 1. The van der Waals surface area contributed by atoms with Crippen LogP contribution in [0.3, 0.4) is 0 Å². The van der Waals surface area contributed by atoms with Gasteiger partial charge in [0.2, 0.25) is 0 Å². The summed E-state index contributed by atoms with van der Waals surface area (Å²) < 4.78 is 4.88. The van der Waals surface area contributed by atoms with Crippen LogP contribution in [0, 0.1) is 0 Å². The minimum absolute atomic E-state index is 0. The molecule has 0 bridgehead atoms. The van der Waals surface area contributed by atoms with Crippen molar-refractivity contribution in [2.24, 2.45) is 0 Å². The summed E-state index contributed by atoms with van der Waals surface area (Å²) in [5.74, 6) is -1.48. The van der Waals surface area contributed by atoms with Gasteiger partial charge in [0, 0.05) is 29.6 Å². The molecule has 0 atom stereocenters. The third-order valence-electron chi connectivity index (χ3n) is 1.79. The molecular formula is C11H12NaO4. The second-order valence-electron chi connectivity index (χ2n) is 3.04. The van der Waals surface area contributed by atoms with Gasteiger partial charge in [-0.1, -0.05) is 30.3 Å². The molecule has 0 aliphatic heterocycles. The first-order chi connectivity index (χ1) is 7.18. The molecule has 1 rings (SSSR count). The third kappa shape index (κ3) is 6.61. The Morgan fingerprint density at radius 1 is 1.12 bits per heavy atom. The zero-order valence-electron chi connectivity index (χ0n) is 9.18. The van der Waals surface area contributed by atoms with Gasteiger partial charge in [-0.15, -0.1) is 0 Å². The van der Waals surface area contributed by atoms with Gasteiger partial charge in [0.05, 0.1) is 12.8 Å². The minimum atomic E-state index is -0.994. The number of ether oxygens (including phenoxy) is 1. The molecule has 4 nitrogen and oxygen atoms in total. The van der Waals surface area contributed by atoms with Crippen molar-refractivity contribution in [2.45, 2.75) is 19.4 Å². The summed E-state index contributed by atoms with van der Waals surface area (Å²) in [6, 6.07) is 9.24. The van der Waals surface area contributed by atoms with Crippen molar-refractivity contribution in [1.29, 1.82) is 0 Å². The van der Waals surface area contributed by atoms with E-state index in [0.29, 0.717) is 0 Å². The van der Waals surface area contributed by atoms with Crippen LogP contribution in [0.5, 0.6) is 0 Å². The normalized spacial score (nSPS) is 9.00. The first kappa shape index (κ1) is 15.2. The Kier molecular flexibility index (Phi) is 7.89. The molecule has 0 aliphatic carbocycles. The van der Waals surface area contributed by atoms with Crippen molar-refractivity contribution >= 4 is 41.5 Å². The van der Waals surface area contributed by atoms with E-state index >= 15 is 0 Å². The van der Waals surface area contributed by atoms with E-state index in [1.807, 2.05) is 30.3 Å². The minimum Gasteiger partial charge on any atom is -0.481 e. The Morgan fingerprint density at radius 3 is 2.31 bits per heavy atom. The molecule has 0 aliphatic rings. The van der Waals surface area contributed by atoms with Gasteiger partial charge in [-0.05, 0) is 5.56 Å². The van der Waals surface area contributed by atoms with Crippen LogP contribution in [-0.2, 0) is 20.9 Å². The fraction of sp³-hybridized carbons (Fsp3) is 0.273. The van der Waals surface area contributed by atoms with Gasteiger partial charge in [-0.2, -0.15) is 0 Å². The number of hydrogen-bond acceptors (Lipinski definition) is 3. The molecule has 0 unspecified atom stereocenters. The molecule has 1 aromatic rings. The Balaban J connectivity index is 0.00000225. The van der Waals surface area contributed by atoms with Gasteiger partial charge >= 0.3 is 11.9 Å². The molecule has 0 aromatic heterocycles. The molecule has 16 heavy (non-hydrogen) atoms. The largest absolute Gasteiger partial charge is 0.481 e. The van der Waals surface area contributed by atoms with Gasteiger partial charge < -0.3 is 9.84 Å². The maximum atomic E-state index is 11.0. The molecule has 1 aromatic carbocycles. The predicted octanol–water partition coefficient (Wildman–Crippen LogP) is 1.21. The average Bonchev–Trinajstić information content (AvgIpc) is 2.25. The number of hydrogen-bond donors (Lipinski definition) is 1. The number of carbonyl (C=O) groups is 2. The van der Waals surface area contributed by atoms with Crippen LogP contribution < -0.4 is 0 Å². The number of esters is 1. The topological polar surface area (TPSA) is 63.6 Å². The molecule has 0 saturated carbocycles. The Hall–Kier alpha value is -0.840. The van der Waals surface area contributed by atoms with Crippen LogP contribution in [0.1, 0.15) is 18.4 Å². The zero-order chi connectivity index (χ0) is 11.1. The Bertz CT molecular complexity index is 337. The van der Waals surface area contributed by atoms with E-state index in [4.69, 9.17) is 9.84 Å². The Labute approximate surface area is 116 Å². The number of carboxylic acids is 1. The van der Waals surface area contributed by atoms with Gasteiger partial charge in [-0.3, -0.25) is 9.59 Å². The number of aliphatic carboxylic acids is 1. The molecule has 0 spiro atoms. The van der Waals surface area contributed by atoms with Crippen molar-refractivity contribution in [3.05, 3.63) is 35.9 Å². The number of carboxylic acid groups (broad SMARTS) is 1. The summed E-state index contributed by atoms with van der Waals surface area (Å²) >= 11 is 0. The smallest absolute Gasteiger partial charge is 0.306 e. The van der Waals surface area contributed by atoms with Crippen molar-refractivity contribution in [3.63, 3.8) is 0 Å². The maximum Gasteiger partial charge on any atom is 0.306 e. The molecule has 0 heterocycles. The van der Waals surface area contributed by atoms with E-state index in [1.54, 1.807) is 0 Å². The molecule has 1 N–H and O–H groups in total. The van der Waals surface area contributed by atoms with Gasteiger partial charge in [0.15, 0.2) is 0 Å². The predicted molar refractivity (Wildman–Crippen MR) is 58.9 cm³/mol. The molecule has 81 valence electrons. The van der Waals surface area contributed by atoms with Crippen LogP contribution in [0.25, 0.3) is 0 Å². The zero-order valence-corrected chi connectivity index (χ0v) is 11.2. The van der Waals surface area contributed by atoms with Crippen LogP contribution >= 0.6 is 0 Å². The quantitative estimate of drug-likeness (QED) is 0.611. The first-order valence-corrected chi connectivity index (χ1v) is 4.60. The van der Waals surface area contributed by atoms with Crippen molar-refractivity contribution in [3.8, 4) is 0 Å². The monoisotopic (exact) mass is 231 g/mol. The van der Waals surface area contributed by atoms with Crippen molar-refractivity contribution in [1.82, 2.24) is 0 Å². The van der Waals surface area contributed by atoms with Gasteiger partial charge in [0.1, 0.15) is 6.61 Å². The van der Waals surface area contributed by atoms with Crippen LogP contribution in [0.2, 0.25) is 0 Å². The second-order valence-corrected chi connectivity index (χ2v) is 3.04. The number of rotatable bonds is 5. The second kappa shape index (κ2) is 8.33. The van der Waals surface area contributed by atoms with Crippen LogP contribution in [0.4, 0.5) is 0 Å². The molecule has 1 radical (unpaired) electrons. The van der Waals surface area contributed by atoms with E-state index < -0.39 is 11.9 Å². The van der Waals surface area contributed by atoms with E-state index in [2.05, 4.69) is 0 Å². The molecule has 0 amide bonds. The first-order valence-electron chi connectivity index (χ1n) is 4.60. The van der Waals surface area contributed by atoms with Crippen molar-refractivity contribution < 1.29 is 19.4 Å². The molecule has 0 fully saturated rings. The standard InChI is InChI=1S/C11H12O4.Na/c12-10(13)6-7-11(14)15-8-9-4-2-1-3-5-9;/h1-5H,6-8H2,(H,12,13);. The summed E-state index contributed by atoms with van der Waals surface area (Å²) in [7, 11) is 0. The fourth-order valence-corrected chi connectivity index (χ4v) is 1.02. The van der Waals surface area contributed by atoms with E-state index in [1.165, 1.54) is 0 Å². The molecular weight excluding hydrogens is 219 g/mol. The Morgan fingerprint density at radius 2 is 1.75 bits per heavy atom. The average molecular weight is 231 g/mol. The third-order valence-corrected chi connectivity index (χ3v) is 1.79. The summed E-state index contributed by atoms with van der Waals surface area (Å²) in [6.45, 7) is 0.194. The van der Waals surface area contributed by atoms with E-state index in [-0.39, 0.29) is 49.0 Å². The van der Waals surface area contributed by atoms with E-state index in [9.17, 15) is 9.59 Å². The molecule has 0 saturated heterocycles. The van der Waals surface area contributed by atoms with Crippen LogP contribution in [-0.4, -0.2) is 46.6 Å². The summed E-state index contributed by atoms with van der Waals surface area (Å²) in [5.41, 5.74) is 0.890. The SMILES string of the molecule is O=C(O)CCC(=O)OCc1ccccc1.[Na]. The summed E-state index contributed by atoms with van der Waals surface area (Å²) in [4.78, 5) is 21.2. The van der Waals surface area contributed by atoms with E-state index in [0.717, 1.165) is 5.56 Å². The summed E-state index contributed by atoms with van der Waals surface area (Å²) in [6.07, 6.45) is -0.268.